The van der Waals surface area contributed by atoms with E-state index in [1.165, 1.54) is 38.6 Å². The second kappa shape index (κ2) is 5.86. The zero-order chi connectivity index (χ0) is 14.0. The topological polar surface area (TPSA) is 41.9 Å². The molecule has 2 aliphatic rings. The summed E-state index contributed by atoms with van der Waals surface area (Å²) in [7, 11) is 0. The third-order valence-electron chi connectivity index (χ3n) is 5.12. The van der Waals surface area contributed by atoms with Gasteiger partial charge in [-0.1, -0.05) is 6.42 Å². The molecule has 0 radical (unpaired) electrons. The number of hydrogen-bond acceptors (Lipinski definition) is 3. The highest BCUT2D eigenvalue weighted by Crippen LogP contribution is 2.43. The second-order valence-corrected chi connectivity index (χ2v) is 6.85. The first-order chi connectivity index (χ1) is 9.70. The SMILES string of the molecule is CC(C)n1ccc(CNCC23CCCNC2CCC3)n1. The molecule has 2 atom stereocenters. The minimum atomic E-state index is 0.448. The average Bonchev–Trinajstić information content (AvgIpc) is 3.05. The summed E-state index contributed by atoms with van der Waals surface area (Å²) in [6.45, 7) is 7.58. The van der Waals surface area contributed by atoms with Crippen molar-refractivity contribution in [1.29, 1.82) is 0 Å². The van der Waals surface area contributed by atoms with Gasteiger partial charge in [0.15, 0.2) is 0 Å². The van der Waals surface area contributed by atoms with Gasteiger partial charge < -0.3 is 10.6 Å². The smallest absolute Gasteiger partial charge is 0.0762 e. The van der Waals surface area contributed by atoms with Gasteiger partial charge in [0.25, 0.3) is 0 Å². The molecule has 0 spiro atoms. The van der Waals surface area contributed by atoms with Crippen LogP contribution in [0.25, 0.3) is 0 Å². The van der Waals surface area contributed by atoms with E-state index in [2.05, 4.69) is 41.8 Å². The van der Waals surface area contributed by atoms with Crippen LogP contribution in [0.15, 0.2) is 12.3 Å². The standard InChI is InChI=1S/C16H28N4/c1-13(2)20-10-6-14(19-20)11-17-12-16-7-3-5-15(16)18-9-4-8-16/h6,10,13,15,17-18H,3-5,7-9,11-12H2,1-2H3. The van der Waals surface area contributed by atoms with Crippen molar-refractivity contribution in [2.75, 3.05) is 13.1 Å². The summed E-state index contributed by atoms with van der Waals surface area (Å²) >= 11 is 0. The number of hydrogen-bond donors (Lipinski definition) is 2. The Morgan fingerprint density at radius 3 is 3.10 bits per heavy atom. The lowest BCUT2D eigenvalue weighted by Crippen LogP contribution is -2.51. The highest BCUT2D eigenvalue weighted by molar-refractivity contribution is 5.02. The fourth-order valence-corrected chi connectivity index (χ4v) is 3.97. The Morgan fingerprint density at radius 2 is 2.30 bits per heavy atom. The van der Waals surface area contributed by atoms with Crippen molar-refractivity contribution in [1.82, 2.24) is 20.4 Å². The lowest BCUT2D eigenvalue weighted by atomic mass is 9.76. The van der Waals surface area contributed by atoms with Crippen molar-refractivity contribution in [3.05, 3.63) is 18.0 Å². The molecule has 1 aliphatic carbocycles. The predicted molar refractivity (Wildman–Crippen MR) is 81.6 cm³/mol. The molecule has 3 rings (SSSR count). The van der Waals surface area contributed by atoms with E-state index >= 15 is 0 Å². The van der Waals surface area contributed by atoms with Crippen LogP contribution in [0.2, 0.25) is 0 Å². The van der Waals surface area contributed by atoms with Gasteiger partial charge in [-0.2, -0.15) is 5.10 Å². The molecule has 0 amide bonds. The molecule has 1 aliphatic heterocycles. The van der Waals surface area contributed by atoms with E-state index in [0.29, 0.717) is 11.5 Å². The quantitative estimate of drug-likeness (QED) is 0.868. The maximum absolute atomic E-state index is 4.61. The van der Waals surface area contributed by atoms with Gasteiger partial charge in [0.2, 0.25) is 0 Å². The van der Waals surface area contributed by atoms with Gasteiger partial charge in [0.1, 0.15) is 0 Å². The molecule has 4 heteroatoms. The zero-order valence-electron chi connectivity index (χ0n) is 12.9. The Labute approximate surface area is 122 Å². The second-order valence-electron chi connectivity index (χ2n) is 6.85. The predicted octanol–water partition coefficient (Wildman–Crippen LogP) is 2.48. The van der Waals surface area contributed by atoms with Crippen LogP contribution in [0.1, 0.15) is 57.7 Å². The maximum Gasteiger partial charge on any atom is 0.0762 e. The summed E-state index contributed by atoms with van der Waals surface area (Å²) < 4.78 is 2.04. The summed E-state index contributed by atoms with van der Waals surface area (Å²) in [6.07, 6.45) is 8.95. The van der Waals surface area contributed by atoms with Crippen LogP contribution < -0.4 is 10.6 Å². The monoisotopic (exact) mass is 276 g/mol. The number of rotatable bonds is 5. The molecule has 4 nitrogen and oxygen atoms in total. The lowest BCUT2D eigenvalue weighted by Gasteiger charge is -2.40. The average molecular weight is 276 g/mol. The molecule has 1 saturated carbocycles. The van der Waals surface area contributed by atoms with Crippen LogP contribution in [0.3, 0.4) is 0 Å². The summed E-state index contributed by atoms with van der Waals surface area (Å²) in [5.74, 6) is 0. The Hall–Kier alpha value is -0.870. The van der Waals surface area contributed by atoms with Gasteiger partial charge >= 0.3 is 0 Å². The number of nitrogens with one attached hydrogen (secondary N) is 2. The molecular weight excluding hydrogens is 248 g/mol. The number of fused-ring (bicyclic) bond motifs is 1. The van der Waals surface area contributed by atoms with Gasteiger partial charge in [0, 0.05) is 31.4 Å². The van der Waals surface area contributed by atoms with Crippen molar-refractivity contribution in [2.24, 2.45) is 5.41 Å². The largest absolute Gasteiger partial charge is 0.313 e. The molecule has 0 bridgehead atoms. The van der Waals surface area contributed by atoms with Crippen LogP contribution in [-0.2, 0) is 6.54 Å². The van der Waals surface area contributed by atoms with Gasteiger partial charge in [-0.25, -0.2) is 0 Å². The molecule has 2 fully saturated rings. The third kappa shape index (κ3) is 2.77. The van der Waals surface area contributed by atoms with Crippen molar-refractivity contribution in [3.63, 3.8) is 0 Å². The normalized spacial score (nSPS) is 29.9. The number of piperidine rings is 1. The van der Waals surface area contributed by atoms with Gasteiger partial charge in [-0.05, 0) is 57.6 Å². The molecular formula is C16H28N4. The fourth-order valence-electron chi connectivity index (χ4n) is 3.97. The van der Waals surface area contributed by atoms with E-state index in [1.807, 2.05) is 4.68 Å². The maximum atomic E-state index is 4.61. The highest BCUT2D eigenvalue weighted by Gasteiger charge is 2.43. The van der Waals surface area contributed by atoms with Crippen molar-refractivity contribution >= 4 is 0 Å². The van der Waals surface area contributed by atoms with Crippen molar-refractivity contribution in [2.45, 2.75) is 64.6 Å². The molecule has 1 aromatic heterocycles. The Balaban J connectivity index is 1.53. The van der Waals surface area contributed by atoms with E-state index in [9.17, 15) is 0 Å². The first-order valence-corrected chi connectivity index (χ1v) is 8.18. The Morgan fingerprint density at radius 1 is 1.45 bits per heavy atom. The molecule has 1 aromatic rings. The first-order valence-electron chi connectivity index (χ1n) is 8.18. The summed E-state index contributed by atoms with van der Waals surface area (Å²) in [5, 5.41) is 12.0. The van der Waals surface area contributed by atoms with Gasteiger partial charge in [0.05, 0.1) is 5.69 Å². The highest BCUT2D eigenvalue weighted by atomic mass is 15.3. The van der Waals surface area contributed by atoms with E-state index in [4.69, 9.17) is 0 Å². The summed E-state index contributed by atoms with van der Waals surface area (Å²) in [4.78, 5) is 0. The lowest BCUT2D eigenvalue weighted by molar-refractivity contribution is 0.160. The zero-order valence-corrected chi connectivity index (χ0v) is 12.9. The van der Waals surface area contributed by atoms with E-state index in [1.54, 1.807) is 0 Å². The Kier molecular flexibility index (Phi) is 4.13. The van der Waals surface area contributed by atoms with Crippen LogP contribution in [0, 0.1) is 5.41 Å². The number of aromatic nitrogens is 2. The Bertz CT molecular complexity index is 439. The molecule has 112 valence electrons. The van der Waals surface area contributed by atoms with E-state index in [-0.39, 0.29) is 0 Å². The van der Waals surface area contributed by atoms with Gasteiger partial charge in [-0.15, -0.1) is 0 Å². The number of nitrogens with zero attached hydrogens (tertiary/aromatic N) is 2. The van der Waals surface area contributed by atoms with Crippen LogP contribution in [0.5, 0.6) is 0 Å². The van der Waals surface area contributed by atoms with Crippen LogP contribution in [-0.4, -0.2) is 28.9 Å². The van der Waals surface area contributed by atoms with Crippen molar-refractivity contribution in [3.8, 4) is 0 Å². The molecule has 1 saturated heterocycles. The van der Waals surface area contributed by atoms with Crippen LogP contribution in [0.4, 0.5) is 0 Å². The molecule has 2 unspecified atom stereocenters. The van der Waals surface area contributed by atoms with Gasteiger partial charge in [-0.3, -0.25) is 4.68 Å². The fraction of sp³-hybridized carbons (Fsp3) is 0.812. The first kappa shape index (κ1) is 14.1. The summed E-state index contributed by atoms with van der Waals surface area (Å²) in [6, 6.07) is 3.33. The molecule has 20 heavy (non-hydrogen) atoms. The third-order valence-corrected chi connectivity index (χ3v) is 5.12. The minimum absolute atomic E-state index is 0.448. The van der Waals surface area contributed by atoms with Crippen molar-refractivity contribution < 1.29 is 0 Å². The molecule has 2 N–H and O–H groups in total. The van der Waals surface area contributed by atoms with E-state index < -0.39 is 0 Å². The molecule has 2 heterocycles. The summed E-state index contributed by atoms with van der Waals surface area (Å²) in [5.41, 5.74) is 1.67. The molecule has 0 aromatic carbocycles. The van der Waals surface area contributed by atoms with E-state index in [0.717, 1.165) is 24.8 Å². The van der Waals surface area contributed by atoms with Crippen LogP contribution >= 0.6 is 0 Å². The minimum Gasteiger partial charge on any atom is -0.313 e.